The summed E-state index contributed by atoms with van der Waals surface area (Å²) in [5, 5.41) is 0. The molecule has 0 aromatic rings. The molecule has 0 radical (unpaired) electrons. The number of hydrogen-bond acceptors (Lipinski definition) is 3. The summed E-state index contributed by atoms with van der Waals surface area (Å²) in [6.45, 7) is 2.55. The Morgan fingerprint density at radius 3 is 2.67 bits per heavy atom. The lowest BCUT2D eigenvalue weighted by atomic mass is 10.5. The van der Waals surface area contributed by atoms with Crippen molar-refractivity contribution in [2.24, 2.45) is 0 Å². The van der Waals surface area contributed by atoms with Gasteiger partial charge in [0.1, 0.15) is 6.26 Å². The monoisotopic (exact) mass is 170 g/mol. The molecule has 12 heavy (non-hydrogen) atoms. The second-order valence-electron chi connectivity index (χ2n) is 1.82. The molecular formula is C9H14O3. The average Bonchev–Trinajstić information content (AvgIpc) is 2.11. The number of methoxy groups -OCH3 is 2. The van der Waals surface area contributed by atoms with E-state index in [1.165, 1.54) is 6.26 Å². The van der Waals surface area contributed by atoms with Crippen LogP contribution < -0.4 is 0 Å². The molecule has 68 valence electrons. The molecule has 0 atom stereocenters. The Hall–Kier alpha value is -1.34. The van der Waals surface area contributed by atoms with Crippen molar-refractivity contribution in [2.75, 3.05) is 20.8 Å². The van der Waals surface area contributed by atoms with Crippen LogP contribution in [0.1, 0.15) is 6.92 Å². The summed E-state index contributed by atoms with van der Waals surface area (Å²) in [7, 11) is 3.11. The van der Waals surface area contributed by atoms with Crippen LogP contribution in [0.25, 0.3) is 0 Å². The topological polar surface area (TPSA) is 27.7 Å². The summed E-state index contributed by atoms with van der Waals surface area (Å²) in [6, 6.07) is 0. The van der Waals surface area contributed by atoms with Crippen molar-refractivity contribution in [2.45, 2.75) is 6.92 Å². The Morgan fingerprint density at radius 2 is 2.17 bits per heavy atom. The van der Waals surface area contributed by atoms with Gasteiger partial charge in [0.15, 0.2) is 5.76 Å². The Kier molecular flexibility index (Phi) is 6.90. The van der Waals surface area contributed by atoms with Gasteiger partial charge in [-0.25, -0.2) is 0 Å². The van der Waals surface area contributed by atoms with E-state index in [2.05, 4.69) is 10.5 Å². The molecular weight excluding hydrogens is 156 g/mol. The summed E-state index contributed by atoms with van der Waals surface area (Å²) in [5.41, 5.74) is 2.76. The fourth-order valence-corrected chi connectivity index (χ4v) is 0.498. The molecule has 0 aliphatic rings. The van der Waals surface area contributed by atoms with E-state index in [0.29, 0.717) is 12.4 Å². The predicted molar refractivity (Wildman–Crippen MR) is 46.4 cm³/mol. The number of rotatable bonds is 5. The van der Waals surface area contributed by atoms with Gasteiger partial charge in [-0.15, -0.1) is 0 Å². The molecule has 0 bridgehead atoms. The SMILES string of the molecule is CCOC=CC(=C=COC)OC. The summed E-state index contributed by atoms with van der Waals surface area (Å²) in [4.78, 5) is 0. The van der Waals surface area contributed by atoms with Gasteiger partial charge in [-0.05, 0) is 12.7 Å². The molecule has 0 aliphatic heterocycles. The van der Waals surface area contributed by atoms with Crippen LogP contribution in [0, 0.1) is 0 Å². The Balaban J connectivity index is 4.07. The first kappa shape index (κ1) is 10.7. The van der Waals surface area contributed by atoms with Gasteiger partial charge in [-0.1, -0.05) is 0 Å². The highest BCUT2D eigenvalue weighted by atomic mass is 16.5. The first-order chi connectivity index (χ1) is 5.85. The van der Waals surface area contributed by atoms with Crippen molar-refractivity contribution < 1.29 is 14.2 Å². The van der Waals surface area contributed by atoms with Gasteiger partial charge in [0, 0.05) is 6.08 Å². The van der Waals surface area contributed by atoms with Crippen LogP contribution in [-0.4, -0.2) is 20.8 Å². The summed E-state index contributed by atoms with van der Waals surface area (Å²) in [6.07, 6.45) is 4.63. The first-order valence-electron chi connectivity index (χ1n) is 3.65. The molecule has 0 saturated carbocycles. The van der Waals surface area contributed by atoms with Crippen molar-refractivity contribution in [3.05, 3.63) is 30.1 Å². The van der Waals surface area contributed by atoms with Gasteiger partial charge in [-0.3, -0.25) is 0 Å². The zero-order chi connectivity index (χ0) is 9.23. The fourth-order valence-electron chi connectivity index (χ4n) is 0.498. The normalized spacial score (nSPS) is 8.92. The maximum Gasteiger partial charge on any atom is 0.167 e. The molecule has 3 nitrogen and oxygen atoms in total. The molecule has 0 unspecified atom stereocenters. The smallest absolute Gasteiger partial charge is 0.167 e. The largest absolute Gasteiger partial charge is 0.501 e. The van der Waals surface area contributed by atoms with E-state index >= 15 is 0 Å². The molecule has 0 aromatic carbocycles. The molecule has 0 heterocycles. The van der Waals surface area contributed by atoms with E-state index in [1.54, 1.807) is 26.6 Å². The van der Waals surface area contributed by atoms with Crippen LogP contribution in [0.15, 0.2) is 30.1 Å². The molecule has 0 N–H and O–H groups in total. The van der Waals surface area contributed by atoms with Gasteiger partial charge in [0.25, 0.3) is 0 Å². The predicted octanol–water partition coefficient (Wildman–Crippen LogP) is 1.83. The third-order valence-corrected chi connectivity index (χ3v) is 1.02. The number of hydrogen-bond donors (Lipinski definition) is 0. The molecule has 0 fully saturated rings. The van der Waals surface area contributed by atoms with E-state index in [1.807, 2.05) is 6.92 Å². The van der Waals surface area contributed by atoms with Crippen LogP contribution in [-0.2, 0) is 14.2 Å². The fraction of sp³-hybridized carbons (Fsp3) is 0.444. The Labute approximate surface area is 72.9 Å². The van der Waals surface area contributed by atoms with Crippen LogP contribution in [0.3, 0.4) is 0 Å². The molecule has 0 amide bonds. The van der Waals surface area contributed by atoms with Crippen molar-refractivity contribution in [3.63, 3.8) is 0 Å². The second-order valence-corrected chi connectivity index (χ2v) is 1.82. The third kappa shape index (κ3) is 5.45. The minimum absolute atomic E-state index is 0.560. The Morgan fingerprint density at radius 1 is 1.42 bits per heavy atom. The van der Waals surface area contributed by atoms with Crippen molar-refractivity contribution in [1.29, 1.82) is 0 Å². The van der Waals surface area contributed by atoms with E-state index in [9.17, 15) is 0 Å². The molecule has 0 rings (SSSR count). The maximum absolute atomic E-state index is 4.97. The van der Waals surface area contributed by atoms with E-state index in [-0.39, 0.29) is 0 Å². The lowest BCUT2D eigenvalue weighted by Gasteiger charge is -1.95. The van der Waals surface area contributed by atoms with E-state index < -0.39 is 0 Å². The molecule has 3 heteroatoms. The highest BCUT2D eigenvalue weighted by Crippen LogP contribution is 1.94. The van der Waals surface area contributed by atoms with Gasteiger partial charge >= 0.3 is 0 Å². The summed E-state index contributed by atoms with van der Waals surface area (Å²) in [5.74, 6) is 0.560. The van der Waals surface area contributed by atoms with Gasteiger partial charge in [0.2, 0.25) is 0 Å². The number of allylic oxidation sites excluding steroid dienone is 1. The van der Waals surface area contributed by atoms with E-state index in [4.69, 9.17) is 9.47 Å². The van der Waals surface area contributed by atoms with Gasteiger partial charge < -0.3 is 14.2 Å². The lowest BCUT2D eigenvalue weighted by Crippen LogP contribution is -1.81. The number of ether oxygens (including phenoxy) is 3. The molecule has 0 saturated heterocycles. The highest BCUT2D eigenvalue weighted by molar-refractivity contribution is 5.08. The van der Waals surface area contributed by atoms with Crippen LogP contribution in [0.4, 0.5) is 0 Å². The van der Waals surface area contributed by atoms with Gasteiger partial charge in [0.05, 0.1) is 27.1 Å². The minimum atomic E-state index is 0.560. The lowest BCUT2D eigenvalue weighted by molar-refractivity contribution is 0.261. The minimum Gasteiger partial charge on any atom is -0.501 e. The van der Waals surface area contributed by atoms with Crippen LogP contribution >= 0.6 is 0 Å². The zero-order valence-corrected chi connectivity index (χ0v) is 7.66. The molecule has 0 spiro atoms. The second kappa shape index (κ2) is 7.76. The standard InChI is InChI=1S/C9H14O3/c1-4-12-8-6-9(11-3)5-7-10-2/h6-8H,4H2,1-3H3. The maximum atomic E-state index is 4.97. The highest BCUT2D eigenvalue weighted by Gasteiger charge is 1.84. The van der Waals surface area contributed by atoms with Crippen molar-refractivity contribution in [3.8, 4) is 0 Å². The molecule has 0 aliphatic carbocycles. The average molecular weight is 170 g/mol. The van der Waals surface area contributed by atoms with E-state index in [0.717, 1.165) is 0 Å². The van der Waals surface area contributed by atoms with Crippen LogP contribution in [0.5, 0.6) is 0 Å². The van der Waals surface area contributed by atoms with Gasteiger partial charge in [-0.2, -0.15) is 0 Å². The quantitative estimate of drug-likeness (QED) is 0.358. The van der Waals surface area contributed by atoms with Crippen LogP contribution in [0.2, 0.25) is 0 Å². The Bertz CT molecular complexity index is 188. The summed E-state index contributed by atoms with van der Waals surface area (Å²) < 4.78 is 14.6. The van der Waals surface area contributed by atoms with Crippen molar-refractivity contribution in [1.82, 2.24) is 0 Å². The molecule has 0 aromatic heterocycles. The zero-order valence-electron chi connectivity index (χ0n) is 7.66. The van der Waals surface area contributed by atoms with Crippen molar-refractivity contribution >= 4 is 0 Å². The third-order valence-electron chi connectivity index (χ3n) is 1.02. The summed E-state index contributed by atoms with van der Waals surface area (Å²) >= 11 is 0. The first-order valence-corrected chi connectivity index (χ1v) is 3.65.